The molecule has 0 amide bonds. The van der Waals surface area contributed by atoms with E-state index >= 15 is 0 Å². The zero-order chi connectivity index (χ0) is 13.3. The monoisotopic (exact) mass is 267 g/mol. The molecule has 1 atom stereocenters. The molecule has 2 aromatic rings. The summed E-state index contributed by atoms with van der Waals surface area (Å²) >= 11 is 1.62. The minimum atomic E-state index is -0.0389. The van der Waals surface area contributed by atoms with Crippen LogP contribution in [0.2, 0.25) is 0 Å². The molecule has 0 aliphatic rings. The Kier molecular flexibility index (Phi) is 3.68. The summed E-state index contributed by atoms with van der Waals surface area (Å²) < 4.78 is 1.88. The van der Waals surface area contributed by atoms with Crippen LogP contribution in [0.4, 0.5) is 0 Å². The summed E-state index contributed by atoms with van der Waals surface area (Å²) in [7, 11) is 0. The van der Waals surface area contributed by atoms with Crippen molar-refractivity contribution < 1.29 is 0 Å². The third kappa shape index (κ3) is 2.54. The van der Waals surface area contributed by atoms with Crippen LogP contribution in [0.1, 0.15) is 44.9 Å². The van der Waals surface area contributed by atoms with Crippen molar-refractivity contribution in [3.8, 4) is 0 Å². The lowest BCUT2D eigenvalue weighted by molar-refractivity contribution is 0.505. The van der Waals surface area contributed by atoms with E-state index in [0.29, 0.717) is 12.5 Å². The first-order valence-corrected chi connectivity index (χ1v) is 7.19. The average Bonchev–Trinajstić information content (AvgIpc) is 2.82. The van der Waals surface area contributed by atoms with Crippen LogP contribution >= 0.6 is 11.3 Å². The summed E-state index contributed by atoms with van der Waals surface area (Å²) in [5.74, 6) is 1.42. The normalized spacial score (nSPS) is 14.3. The minimum Gasteiger partial charge on any atom is -0.330 e. The van der Waals surface area contributed by atoms with Crippen LogP contribution in [0.3, 0.4) is 0 Å². The van der Waals surface area contributed by atoms with E-state index in [0.717, 1.165) is 28.6 Å². The van der Waals surface area contributed by atoms with Crippen LogP contribution in [-0.4, -0.2) is 26.4 Å². The van der Waals surface area contributed by atoms with E-state index < -0.39 is 0 Å². The number of fused-ring (bicyclic) bond motifs is 1. The first kappa shape index (κ1) is 13.4. The molecule has 0 aromatic carbocycles. The molecule has 2 rings (SSSR count). The van der Waals surface area contributed by atoms with Gasteiger partial charge in [-0.3, -0.25) is 0 Å². The summed E-state index contributed by atoms with van der Waals surface area (Å²) in [6.45, 7) is 9.24. The predicted molar refractivity (Wildman–Crippen MR) is 73.9 cm³/mol. The fourth-order valence-electron chi connectivity index (χ4n) is 1.85. The van der Waals surface area contributed by atoms with Crippen molar-refractivity contribution in [2.45, 2.75) is 46.0 Å². The second-order valence-corrected chi connectivity index (χ2v) is 6.72. The summed E-state index contributed by atoms with van der Waals surface area (Å²) in [5.41, 5.74) is 5.70. The van der Waals surface area contributed by atoms with Crippen molar-refractivity contribution in [3.05, 3.63) is 10.8 Å². The second-order valence-electron chi connectivity index (χ2n) is 5.68. The lowest BCUT2D eigenvalue weighted by Crippen LogP contribution is -2.18. The summed E-state index contributed by atoms with van der Waals surface area (Å²) in [4.78, 5) is 0.877. The number of hydrogen-bond donors (Lipinski definition) is 1. The largest absolute Gasteiger partial charge is 0.330 e. The number of aromatic nitrogens is 4. The topological polar surface area (TPSA) is 69.1 Å². The molecule has 0 bridgehead atoms. The van der Waals surface area contributed by atoms with Gasteiger partial charge in [-0.25, -0.2) is 0 Å². The van der Waals surface area contributed by atoms with E-state index in [9.17, 15) is 0 Å². The van der Waals surface area contributed by atoms with Crippen molar-refractivity contribution in [1.82, 2.24) is 19.8 Å². The van der Waals surface area contributed by atoms with Gasteiger partial charge in [0.05, 0.1) is 0 Å². The predicted octanol–water partition coefficient (Wildman–Crippen LogP) is 2.01. The third-order valence-corrected chi connectivity index (χ3v) is 4.00. The highest BCUT2D eigenvalue weighted by Crippen LogP contribution is 2.24. The fraction of sp³-hybridized carbons (Fsp3) is 0.750. The van der Waals surface area contributed by atoms with Crippen molar-refractivity contribution in [2.75, 3.05) is 6.54 Å². The summed E-state index contributed by atoms with van der Waals surface area (Å²) in [6, 6.07) is 0. The highest BCUT2D eigenvalue weighted by atomic mass is 32.1. The average molecular weight is 267 g/mol. The molecule has 0 fully saturated rings. The molecule has 2 N–H and O–H groups in total. The zero-order valence-corrected chi connectivity index (χ0v) is 12.3. The van der Waals surface area contributed by atoms with E-state index in [4.69, 9.17) is 5.73 Å². The van der Waals surface area contributed by atoms with Crippen LogP contribution in [0.25, 0.3) is 4.96 Å². The van der Waals surface area contributed by atoms with Gasteiger partial charge in [0.2, 0.25) is 4.96 Å². The summed E-state index contributed by atoms with van der Waals surface area (Å²) in [5, 5.41) is 14.2. The third-order valence-electron chi connectivity index (χ3n) is 3.08. The number of nitrogens with zero attached hydrogens (tertiary/aromatic N) is 4. The van der Waals surface area contributed by atoms with E-state index in [2.05, 4.69) is 43.0 Å². The molecular weight excluding hydrogens is 246 g/mol. The van der Waals surface area contributed by atoms with Gasteiger partial charge in [-0.05, 0) is 12.5 Å². The van der Waals surface area contributed by atoms with E-state index in [-0.39, 0.29) is 5.41 Å². The molecule has 0 spiro atoms. The molecular formula is C12H21N5S. The second kappa shape index (κ2) is 4.93. The fourth-order valence-corrected chi connectivity index (χ4v) is 2.80. The van der Waals surface area contributed by atoms with Gasteiger partial charge in [-0.15, -0.1) is 10.2 Å². The van der Waals surface area contributed by atoms with E-state index in [1.54, 1.807) is 11.3 Å². The van der Waals surface area contributed by atoms with Crippen LogP contribution in [-0.2, 0) is 11.8 Å². The maximum absolute atomic E-state index is 5.74. The van der Waals surface area contributed by atoms with Gasteiger partial charge < -0.3 is 5.73 Å². The van der Waals surface area contributed by atoms with Gasteiger partial charge in [0.25, 0.3) is 0 Å². The number of nitrogens with two attached hydrogens (primary N) is 1. The van der Waals surface area contributed by atoms with E-state index in [1.807, 2.05) is 4.52 Å². The van der Waals surface area contributed by atoms with Crippen LogP contribution < -0.4 is 5.73 Å². The maximum Gasteiger partial charge on any atom is 0.234 e. The molecule has 2 aromatic heterocycles. The standard InChI is InChI=1S/C12H21N5S/c1-5-8(7-13)6-9-16-17-10(12(2,3)4)14-15-11(17)18-9/h8H,5-7,13H2,1-4H3. The Morgan fingerprint density at radius 3 is 2.61 bits per heavy atom. The van der Waals surface area contributed by atoms with Gasteiger partial charge in [-0.1, -0.05) is 45.5 Å². The van der Waals surface area contributed by atoms with Crippen molar-refractivity contribution >= 4 is 16.3 Å². The zero-order valence-electron chi connectivity index (χ0n) is 11.5. The van der Waals surface area contributed by atoms with Crippen LogP contribution in [0.15, 0.2) is 0 Å². The molecule has 0 radical (unpaired) electrons. The Bertz CT molecular complexity index is 518. The molecule has 0 aliphatic heterocycles. The van der Waals surface area contributed by atoms with Crippen molar-refractivity contribution in [1.29, 1.82) is 0 Å². The van der Waals surface area contributed by atoms with Crippen LogP contribution in [0.5, 0.6) is 0 Å². The molecule has 18 heavy (non-hydrogen) atoms. The Hall–Kier alpha value is -1.01. The molecule has 2 heterocycles. The van der Waals surface area contributed by atoms with E-state index in [1.165, 1.54) is 0 Å². The number of rotatable bonds is 4. The van der Waals surface area contributed by atoms with Crippen molar-refractivity contribution in [2.24, 2.45) is 11.7 Å². The van der Waals surface area contributed by atoms with Gasteiger partial charge in [-0.2, -0.15) is 9.61 Å². The Morgan fingerprint density at radius 1 is 1.33 bits per heavy atom. The molecule has 1 unspecified atom stereocenters. The van der Waals surface area contributed by atoms with Gasteiger partial charge in [0, 0.05) is 11.8 Å². The molecule has 0 saturated heterocycles. The minimum absolute atomic E-state index is 0.0389. The molecule has 0 aliphatic carbocycles. The van der Waals surface area contributed by atoms with Gasteiger partial charge >= 0.3 is 0 Å². The number of hydrogen-bond acceptors (Lipinski definition) is 5. The van der Waals surface area contributed by atoms with Gasteiger partial charge in [0.1, 0.15) is 5.01 Å². The molecule has 6 heteroatoms. The quantitative estimate of drug-likeness (QED) is 0.920. The Morgan fingerprint density at radius 2 is 2.06 bits per heavy atom. The smallest absolute Gasteiger partial charge is 0.234 e. The Labute approximate surface area is 111 Å². The summed E-state index contributed by atoms with van der Waals surface area (Å²) in [6.07, 6.45) is 2.02. The first-order chi connectivity index (χ1) is 8.45. The highest BCUT2D eigenvalue weighted by molar-refractivity contribution is 7.16. The van der Waals surface area contributed by atoms with Crippen LogP contribution in [0, 0.1) is 5.92 Å². The lowest BCUT2D eigenvalue weighted by Gasteiger charge is -2.13. The highest BCUT2D eigenvalue weighted by Gasteiger charge is 2.23. The first-order valence-electron chi connectivity index (χ1n) is 6.37. The lowest BCUT2D eigenvalue weighted by atomic mass is 9.96. The molecule has 0 saturated carbocycles. The molecule has 100 valence electrons. The molecule has 5 nitrogen and oxygen atoms in total. The van der Waals surface area contributed by atoms with Crippen molar-refractivity contribution in [3.63, 3.8) is 0 Å². The Balaban J connectivity index is 2.31. The van der Waals surface area contributed by atoms with Gasteiger partial charge in [0.15, 0.2) is 5.82 Å². The maximum atomic E-state index is 5.74. The SMILES string of the molecule is CCC(CN)Cc1nn2c(C(C)(C)C)nnc2s1.